The fourth-order valence-corrected chi connectivity index (χ4v) is 5.37. The summed E-state index contributed by atoms with van der Waals surface area (Å²) < 4.78 is 0.955. The smallest absolute Gasteiger partial charge is 0.264 e. The van der Waals surface area contributed by atoms with Crippen molar-refractivity contribution >= 4 is 45.1 Å². The third-order valence-electron chi connectivity index (χ3n) is 7.04. The van der Waals surface area contributed by atoms with Gasteiger partial charge in [-0.05, 0) is 41.8 Å². The molecule has 3 aliphatic heterocycles. The highest BCUT2D eigenvalue weighted by molar-refractivity contribution is 9.10. The first-order valence-electron chi connectivity index (χ1n) is 12.2. The molecule has 3 aromatic carbocycles. The number of hydrogen-bond acceptors (Lipinski definition) is 7. The lowest BCUT2D eigenvalue weighted by Gasteiger charge is -2.25. The molecule has 3 aliphatic rings. The van der Waals surface area contributed by atoms with E-state index in [4.69, 9.17) is 5.10 Å². The van der Waals surface area contributed by atoms with Crippen LogP contribution in [0.25, 0.3) is 0 Å². The van der Waals surface area contributed by atoms with Gasteiger partial charge in [0.15, 0.2) is 12.1 Å². The van der Waals surface area contributed by atoms with E-state index in [0.29, 0.717) is 12.1 Å². The number of nitrogens with zero attached hydrogens (tertiary/aromatic N) is 6. The number of carbonyl (C=O) groups excluding carboxylic acids is 3. The summed E-state index contributed by atoms with van der Waals surface area (Å²) in [6.07, 6.45) is 0.545. The third kappa shape index (κ3) is 4.10. The Labute approximate surface area is 227 Å². The van der Waals surface area contributed by atoms with Gasteiger partial charge in [0.1, 0.15) is 6.54 Å². The van der Waals surface area contributed by atoms with Gasteiger partial charge in [-0.3, -0.25) is 19.4 Å². The Morgan fingerprint density at radius 1 is 0.947 bits per heavy atom. The Hall–Kier alpha value is -4.18. The molecule has 0 radical (unpaired) electrons. The minimum absolute atomic E-state index is 0.230. The summed E-state index contributed by atoms with van der Waals surface area (Å²) in [7, 11) is 0. The Balaban J connectivity index is 1.26. The Kier molecular flexibility index (Phi) is 6.11. The Bertz CT molecular complexity index is 1490. The van der Waals surface area contributed by atoms with Crippen molar-refractivity contribution in [2.75, 3.05) is 11.4 Å². The number of para-hydroxylation sites is 1. The number of aryl methyl sites for hydroxylation is 1. The van der Waals surface area contributed by atoms with Crippen LogP contribution in [0.15, 0.2) is 98.8 Å². The molecule has 6 rings (SSSR count). The quantitative estimate of drug-likeness (QED) is 0.424. The lowest BCUT2D eigenvalue weighted by molar-refractivity contribution is -0.135. The molecule has 3 aromatic rings. The van der Waals surface area contributed by atoms with E-state index in [1.165, 1.54) is 10.0 Å². The first-order chi connectivity index (χ1) is 18.4. The zero-order valence-corrected chi connectivity index (χ0v) is 22.0. The molecule has 0 bridgehead atoms. The summed E-state index contributed by atoms with van der Waals surface area (Å²) in [4.78, 5) is 41.3. The molecule has 3 amide bonds. The maximum absolute atomic E-state index is 13.7. The van der Waals surface area contributed by atoms with Crippen LogP contribution in [-0.2, 0) is 14.4 Å². The number of amides is 3. The lowest BCUT2D eigenvalue weighted by atomic mass is 9.98. The molecule has 0 aromatic heterocycles. The van der Waals surface area contributed by atoms with Crippen molar-refractivity contribution in [2.24, 2.45) is 15.4 Å². The van der Waals surface area contributed by atoms with Crippen LogP contribution in [0.4, 0.5) is 5.69 Å². The fourth-order valence-electron chi connectivity index (χ4n) is 5.11. The standard InChI is InChI=1S/C28H23BrN6O3/c1-17-7-5-6-10-22(17)34-27(37)25-26(28(34)38)33(32-30-25)16-24(36)35-23(19-8-3-2-4-9-19)15-21(31-35)18-11-13-20(29)14-12-18/h2-14,23,25-26H,15-16H2,1H3. The van der Waals surface area contributed by atoms with Gasteiger partial charge in [0.25, 0.3) is 17.7 Å². The normalized spacial score (nSPS) is 22.3. The van der Waals surface area contributed by atoms with Crippen molar-refractivity contribution in [3.05, 3.63) is 100 Å². The van der Waals surface area contributed by atoms with Crippen molar-refractivity contribution in [3.63, 3.8) is 0 Å². The van der Waals surface area contributed by atoms with Crippen molar-refractivity contribution in [1.82, 2.24) is 10.0 Å². The highest BCUT2D eigenvalue weighted by Gasteiger charge is 2.55. The Morgan fingerprint density at radius 2 is 1.66 bits per heavy atom. The molecule has 190 valence electrons. The van der Waals surface area contributed by atoms with Crippen molar-refractivity contribution < 1.29 is 14.4 Å². The van der Waals surface area contributed by atoms with E-state index in [2.05, 4.69) is 26.3 Å². The maximum atomic E-state index is 13.7. The molecule has 3 heterocycles. The van der Waals surface area contributed by atoms with E-state index in [9.17, 15) is 14.4 Å². The average molecular weight is 571 g/mol. The number of benzene rings is 3. The van der Waals surface area contributed by atoms with E-state index in [0.717, 1.165) is 31.8 Å². The third-order valence-corrected chi connectivity index (χ3v) is 7.57. The number of carbonyl (C=O) groups is 3. The monoisotopic (exact) mass is 570 g/mol. The molecule has 0 N–H and O–H groups in total. The van der Waals surface area contributed by atoms with Crippen LogP contribution in [0.5, 0.6) is 0 Å². The second-order valence-corrected chi connectivity index (χ2v) is 10.3. The first-order valence-corrected chi connectivity index (χ1v) is 13.0. The topological polar surface area (TPSA) is 98.0 Å². The average Bonchev–Trinajstić information content (AvgIpc) is 3.61. The van der Waals surface area contributed by atoms with Gasteiger partial charge in [0.05, 0.1) is 17.4 Å². The van der Waals surface area contributed by atoms with Crippen molar-refractivity contribution in [3.8, 4) is 0 Å². The number of anilines is 1. The SMILES string of the molecule is Cc1ccccc1N1C(=O)C2N=NN(CC(=O)N3N=C(c4ccc(Br)cc4)CC3c3ccccc3)C2C1=O. The summed E-state index contributed by atoms with van der Waals surface area (Å²) in [5.74, 6) is -1.21. The van der Waals surface area contributed by atoms with E-state index in [-0.39, 0.29) is 18.5 Å². The number of halogens is 1. The summed E-state index contributed by atoms with van der Waals surface area (Å²) in [6.45, 7) is 1.61. The van der Waals surface area contributed by atoms with E-state index >= 15 is 0 Å². The molecule has 0 saturated carbocycles. The van der Waals surface area contributed by atoms with Crippen LogP contribution in [-0.4, -0.2) is 52.1 Å². The van der Waals surface area contributed by atoms with Gasteiger partial charge in [-0.1, -0.05) is 81.8 Å². The predicted molar refractivity (Wildman–Crippen MR) is 144 cm³/mol. The molecule has 10 heteroatoms. The fraction of sp³-hybridized carbons (Fsp3) is 0.214. The van der Waals surface area contributed by atoms with Crippen LogP contribution in [0, 0.1) is 6.92 Å². The molecule has 1 fully saturated rings. The van der Waals surface area contributed by atoms with Gasteiger partial charge >= 0.3 is 0 Å². The first kappa shape index (κ1) is 24.2. The van der Waals surface area contributed by atoms with Gasteiger partial charge in [0.2, 0.25) is 0 Å². The van der Waals surface area contributed by atoms with Crippen LogP contribution in [0.2, 0.25) is 0 Å². The molecule has 0 aliphatic carbocycles. The van der Waals surface area contributed by atoms with Crippen molar-refractivity contribution in [2.45, 2.75) is 31.5 Å². The highest BCUT2D eigenvalue weighted by atomic mass is 79.9. The molecule has 3 atom stereocenters. The summed E-state index contributed by atoms with van der Waals surface area (Å²) in [5, 5.41) is 15.6. The molecular weight excluding hydrogens is 548 g/mol. The maximum Gasteiger partial charge on any atom is 0.264 e. The van der Waals surface area contributed by atoms with E-state index in [1.54, 1.807) is 12.1 Å². The second kappa shape index (κ2) is 9.60. The number of imide groups is 1. The number of hydrogen-bond donors (Lipinski definition) is 0. The summed E-state index contributed by atoms with van der Waals surface area (Å²) in [6, 6.07) is 22.5. The molecule has 0 spiro atoms. The van der Waals surface area contributed by atoms with E-state index < -0.39 is 23.9 Å². The largest absolute Gasteiger partial charge is 0.271 e. The van der Waals surface area contributed by atoms with Gasteiger partial charge < -0.3 is 0 Å². The zero-order chi connectivity index (χ0) is 26.4. The Morgan fingerprint density at radius 3 is 2.39 bits per heavy atom. The van der Waals surface area contributed by atoms with E-state index in [1.807, 2.05) is 73.7 Å². The minimum atomic E-state index is -0.972. The van der Waals surface area contributed by atoms with Crippen LogP contribution < -0.4 is 4.90 Å². The van der Waals surface area contributed by atoms with Gasteiger partial charge in [-0.25, -0.2) is 9.91 Å². The molecule has 3 unspecified atom stereocenters. The van der Waals surface area contributed by atoms with Crippen molar-refractivity contribution in [1.29, 1.82) is 0 Å². The highest BCUT2D eigenvalue weighted by Crippen LogP contribution is 2.36. The second-order valence-electron chi connectivity index (χ2n) is 9.41. The molecular formula is C28H23BrN6O3. The molecule has 1 saturated heterocycles. The minimum Gasteiger partial charge on any atom is -0.271 e. The molecule has 9 nitrogen and oxygen atoms in total. The van der Waals surface area contributed by atoms with Crippen LogP contribution in [0.3, 0.4) is 0 Å². The lowest BCUT2D eigenvalue weighted by Crippen LogP contribution is -2.44. The van der Waals surface area contributed by atoms with Gasteiger partial charge in [0, 0.05) is 10.9 Å². The number of rotatable bonds is 5. The number of hydrazone groups is 1. The summed E-state index contributed by atoms with van der Waals surface area (Å²) >= 11 is 3.46. The van der Waals surface area contributed by atoms with Crippen LogP contribution in [0.1, 0.15) is 29.2 Å². The van der Waals surface area contributed by atoms with Gasteiger partial charge in [-0.15, -0.1) is 0 Å². The van der Waals surface area contributed by atoms with Crippen LogP contribution >= 0.6 is 15.9 Å². The van der Waals surface area contributed by atoms with Gasteiger partial charge in [-0.2, -0.15) is 10.2 Å². The number of fused-ring (bicyclic) bond motifs is 1. The summed E-state index contributed by atoms with van der Waals surface area (Å²) in [5.41, 5.74) is 3.99. The molecule has 38 heavy (non-hydrogen) atoms. The predicted octanol–water partition coefficient (Wildman–Crippen LogP) is 4.43. The zero-order valence-electron chi connectivity index (χ0n) is 20.4.